The van der Waals surface area contributed by atoms with Crippen molar-refractivity contribution in [2.24, 2.45) is 5.73 Å². The van der Waals surface area contributed by atoms with Crippen molar-refractivity contribution in [2.75, 3.05) is 5.32 Å². The first-order valence-corrected chi connectivity index (χ1v) is 5.93. The summed E-state index contributed by atoms with van der Waals surface area (Å²) in [7, 11) is 0. The summed E-state index contributed by atoms with van der Waals surface area (Å²) >= 11 is 0. The Kier molecular flexibility index (Phi) is 4.68. The van der Waals surface area contributed by atoms with E-state index in [1.807, 2.05) is 0 Å². The van der Waals surface area contributed by atoms with Gasteiger partial charge in [0.05, 0.1) is 5.56 Å². The van der Waals surface area contributed by atoms with Crippen LogP contribution in [0.3, 0.4) is 0 Å². The molecule has 1 rings (SSSR count). The molecule has 1 atom stereocenters. The van der Waals surface area contributed by atoms with E-state index in [0.29, 0.717) is 11.3 Å². The lowest BCUT2D eigenvalue weighted by Gasteiger charge is -2.14. The third kappa shape index (κ3) is 3.71. The molecule has 3 amide bonds. The molecule has 1 unspecified atom stereocenters. The number of carboxylic acids is 1. The van der Waals surface area contributed by atoms with Crippen LogP contribution in [-0.4, -0.2) is 29.1 Å². The first kappa shape index (κ1) is 15.5. The topological polar surface area (TPSA) is 122 Å². The van der Waals surface area contributed by atoms with Crippen molar-refractivity contribution in [3.63, 3.8) is 0 Å². The van der Waals surface area contributed by atoms with E-state index in [9.17, 15) is 14.4 Å². The molecule has 7 nitrogen and oxygen atoms in total. The SMILES string of the molecule is Cc1cc(NC(=O)C(C)NC(N)=O)cc(C(=O)O)c1C. The van der Waals surface area contributed by atoms with Gasteiger partial charge < -0.3 is 21.5 Å². The molecule has 0 aromatic heterocycles. The minimum atomic E-state index is -1.06. The normalized spacial score (nSPS) is 11.6. The number of urea groups is 1. The summed E-state index contributed by atoms with van der Waals surface area (Å²) in [5.74, 6) is -1.55. The lowest BCUT2D eigenvalue weighted by atomic mass is 10.0. The van der Waals surface area contributed by atoms with Gasteiger partial charge in [0.15, 0.2) is 0 Å². The third-order valence-corrected chi connectivity index (χ3v) is 2.92. The highest BCUT2D eigenvalue weighted by molar-refractivity contribution is 5.98. The number of carbonyl (C=O) groups is 3. The molecule has 0 aliphatic heterocycles. The van der Waals surface area contributed by atoms with E-state index in [2.05, 4.69) is 10.6 Å². The van der Waals surface area contributed by atoms with Gasteiger partial charge in [0, 0.05) is 5.69 Å². The third-order valence-electron chi connectivity index (χ3n) is 2.92. The van der Waals surface area contributed by atoms with Gasteiger partial charge >= 0.3 is 12.0 Å². The number of hydrogen-bond donors (Lipinski definition) is 4. The number of rotatable bonds is 4. The standard InChI is InChI=1S/C13H17N3O4/c1-6-4-9(5-10(7(6)2)12(18)19)16-11(17)8(3)15-13(14)20/h4-5,8H,1-3H3,(H,16,17)(H,18,19)(H3,14,15,20). The molecule has 1 aromatic carbocycles. The Hall–Kier alpha value is -2.57. The van der Waals surface area contributed by atoms with Crippen molar-refractivity contribution in [1.82, 2.24) is 5.32 Å². The Morgan fingerprint density at radius 3 is 2.35 bits per heavy atom. The predicted octanol–water partition coefficient (Wildman–Crippen LogP) is 0.997. The number of anilines is 1. The molecule has 20 heavy (non-hydrogen) atoms. The zero-order valence-electron chi connectivity index (χ0n) is 11.5. The largest absolute Gasteiger partial charge is 0.478 e. The van der Waals surface area contributed by atoms with Crippen LogP contribution in [0.15, 0.2) is 12.1 Å². The van der Waals surface area contributed by atoms with Crippen LogP contribution in [0.4, 0.5) is 10.5 Å². The second-order valence-electron chi connectivity index (χ2n) is 4.49. The molecule has 5 N–H and O–H groups in total. The summed E-state index contributed by atoms with van der Waals surface area (Å²) < 4.78 is 0. The monoisotopic (exact) mass is 279 g/mol. The Balaban J connectivity index is 2.96. The van der Waals surface area contributed by atoms with Crippen molar-refractivity contribution in [1.29, 1.82) is 0 Å². The molecular weight excluding hydrogens is 262 g/mol. The van der Waals surface area contributed by atoms with E-state index >= 15 is 0 Å². The molecule has 0 fully saturated rings. The van der Waals surface area contributed by atoms with Gasteiger partial charge in [-0.1, -0.05) is 0 Å². The fourth-order valence-electron chi connectivity index (χ4n) is 1.68. The van der Waals surface area contributed by atoms with Gasteiger partial charge in [-0.15, -0.1) is 0 Å². The van der Waals surface area contributed by atoms with Gasteiger partial charge in [-0.25, -0.2) is 9.59 Å². The Morgan fingerprint density at radius 2 is 1.85 bits per heavy atom. The predicted molar refractivity (Wildman–Crippen MR) is 73.7 cm³/mol. The van der Waals surface area contributed by atoms with Gasteiger partial charge in [0.25, 0.3) is 0 Å². The average molecular weight is 279 g/mol. The van der Waals surface area contributed by atoms with E-state index in [-0.39, 0.29) is 5.56 Å². The van der Waals surface area contributed by atoms with Crippen molar-refractivity contribution in [3.05, 3.63) is 28.8 Å². The van der Waals surface area contributed by atoms with E-state index in [1.54, 1.807) is 19.9 Å². The molecule has 0 radical (unpaired) electrons. The number of nitrogens with one attached hydrogen (secondary N) is 2. The highest BCUT2D eigenvalue weighted by Gasteiger charge is 2.16. The maximum atomic E-state index is 11.8. The maximum absolute atomic E-state index is 11.8. The summed E-state index contributed by atoms with van der Waals surface area (Å²) in [5, 5.41) is 13.9. The van der Waals surface area contributed by atoms with Gasteiger partial charge in [-0.3, -0.25) is 4.79 Å². The van der Waals surface area contributed by atoms with Crippen LogP contribution in [-0.2, 0) is 4.79 Å². The Labute approximate surface area is 116 Å². The molecular formula is C13H17N3O4. The minimum Gasteiger partial charge on any atom is -0.478 e. The fraction of sp³-hybridized carbons (Fsp3) is 0.308. The van der Waals surface area contributed by atoms with Crippen LogP contribution >= 0.6 is 0 Å². The van der Waals surface area contributed by atoms with Crippen LogP contribution in [0, 0.1) is 13.8 Å². The van der Waals surface area contributed by atoms with Gasteiger partial charge in [0.2, 0.25) is 5.91 Å². The number of hydrogen-bond acceptors (Lipinski definition) is 3. The Morgan fingerprint density at radius 1 is 1.25 bits per heavy atom. The second-order valence-corrected chi connectivity index (χ2v) is 4.49. The fourth-order valence-corrected chi connectivity index (χ4v) is 1.68. The summed E-state index contributed by atoms with van der Waals surface area (Å²) in [5.41, 5.74) is 6.78. The summed E-state index contributed by atoms with van der Waals surface area (Å²) in [6.45, 7) is 4.92. The molecule has 0 bridgehead atoms. The van der Waals surface area contributed by atoms with Crippen LogP contribution in [0.1, 0.15) is 28.4 Å². The van der Waals surface area contributed by atoms with E-state index in [4.69, 9.17) is 10.8 Å². The molecule has 0 aliphatic rings. The molecule has 0 aliphatic carbocycles. The zero-order valence-corrected chi connectivity index (χ0v) is 11.5. The highest BCUT2D eigenvalue weighted by atomic mass is 16.4. The number of primary amides is 1. The molecule has 108 valence electrons. The summed E-state index contributed by atoms with van der Waals surface area (Å²) in [6, 6.07) is 1.41. The van der Waals surface area contributed by atoms with Gasteiger partial charge in [-0.05, 0) is 44.0 Å². The number of aromatic carboxylic acids is 1. The van der Waals surface area contributed by atoms with Crippen LogP contribution in [0.2, 0.25) is 0 Å². The van der Waals surface area contributed by atoms with E-state index < -0.39 is 23.9 Å². The molecule has 7 heteroatoms. The second kappa shape index (κ2) is 6.05. The van der Waals surface area contributed by atoms with Crippen LogP contribution < -0.4 is 16.4 Å². The molecule has 0 spiro atoms. The van der Waals surface area contributed by atoms with Crippen LogP contribution in [0.25, 0.3) is 0 Å². The van der Waals surface area contributed by atoms with E-state index in [1.165, 1.54) is 13.0 Å². The van der Waals surface area contributed by atoms with Gasteiger partial charge in [0.1, 0.15) is 6.04 Å². The molecule has 0 heterocycles. The number of aryl methyl sites for hydroxylation is 1. The number of nitrogens with two attached hydrogens (primary N) is 1. The summed E-state index contributed by atoms with van der Waals surface area (Å²) in [6.07, 6.45) is 0. The quantitative estimate of drug-likeness (QED) is 0.656. The highest BCUT2D eigenvalue weighted by Crippen LogP contribution is 2.20. The minimum absolute atomic E-state index is 0.121. The molecule has 0 saturated heterocycles. The smallest absolute Gasteiger partial charge is 0.336 e. The first-order chi connectivity index (χ1) is 9.22. The van der Waals surface area contributed by atoms with Crippen molar-refractivity contribution < 1.29 is 19.5 Å². The van der Waals surface area contributed by atoms with Crippen molar-refractivity contribution >= 4 is 23.6 Å². The zero-order chi connectivity index (χ0) is 15.4. The Bertz CT molecular complexity index is 569. The lowest BCUT2D eigenvalue weighted by Crippen LogP contribution is -2.44. The first-order valence-electron chi connectivity index (χ1n) is 5.93. The number of amides is 3. The number of benzene rings is 1. The molecule has 0 saturated carbocycles. The van der Waals surface area contributed by atoms with Crippen LogP contribution in [0.5, 0.6) is 0 Å². The maximum Gasteiger partial charge on any atom is 0.336 e. The lowest BCUT2D eigenvalue weighted by molar-refractivity contribution is -0.117. The van der Waals surface area contributed by atoms with Crippen molar-refractivity contribution in [2.45, 2.75) is 26.8 Å². The number of carboxylic acid groups (broad SMARTS) is 1. The molecule has 1 aromatic rings. The van der Waals surface area contributed by atoms with E-state index in [0.717, 1.165) is 5.56 Å². The van der Waals surface area contributed by atoms with Crippen molar-refractivity contribution in [3.8, 4) is 0 Å². The number of carbonyl (C=O) groups excluding carboxylic acids is 2. The van der Waals surface area contributed by atoms with Gasteiger partial charge in [-0.2, -0.15) is 0 Å². The average Bonchev–Trinajstić information content (AvgIpc) is 2.32. The summed E-state index contributed by atoms with van der Waals surface area (Å²) in [4.78, 5) is 33.6.